The van der Waals surface area contributed by atoms with Crippen molar-refractivity contribution in [1.82, 2.24) is 0 Å². The van der Waals surface area contributed by atoms with Crippen LogP contribution in [0.4, 0.5) is 5.69 Å². The second kappa shape index (κ2) is 7.93. The predicted octanol–water partition coefficient (Wildman–Crippen LogP) is 4.03. The zero-order valence-electron chi connectivity index (χ0n) is 13.5. The molecule has 3 rings (SSSR count). The van der Waals surface area contributed by atoms with Gasteiger partial charge >= 0.3 is 5.97 Å². The highest BCUT2D eigenvalue weighted by Crippen LogP contribution is 2.22. The smallest absolute Gasteiger partial charge is 0.331 e. The first-order valence-electron chi connectivity index (χ1n) is 7.90. The van der Waals surface area contributed by atoms with Gasteiger partial charge in [0.25, 0.3) is 5.91 Å². The summed E-state index contributed by atoms with van der Waals surface area (Å²) in [7, 11) is 0. The van der Waals surface area contributed by atoms with Crippen LogP contribution in [0.2, 0.25) is 0 Å². The van der Waals surface area contributed by atoms with E-state index in [4.69, 9.17) is 4.74 Å². The number of hydrogen-bond acceptors (Lipinski definition) is 3. The summed E-state index contributed by atoms with van der Waals surface area (Å²) in [6.07, 6.45) is 2.95. The van der Waals surface area contributed by atoms with Crippen molar-refractivity contribution in [3.63, 3.8) is 0 Å². The summed E-state index contributed by atoms with van der Waals surface area (Å²) in [4.78, 5) is 23.7. The fraction of sp³-hybridized carbons (Fsp3) is 0.0476. The lowest BCUT2D eigenvalue weighted by Crippen LogP contribution is -2.20. The third kappa shape index (κ3) is 4.54. The van der Waals surface area contributed by atoms with Crippen LogP contribution in [-0.2, 0) is 14.3 Å². The average molecular weight is 331 g/mol. The lowest BCUT2D eigenvalue weighted by Gasteiger charge is -2.08. The van der Waals surface area contributed by atoms with Crippen molar-refractivity contribution < 1.29 is 14.3 Å². The van der Waals surface area contributed by atoms with Gasteiger partial charge in [0.15, 0.2) is 6.61 Å². The summed E-state index contributed by atoms with van der Waals surface area (Å²) in [6, 6.07) is 22.8. The second-order valence-corrected chi connectivity index (χ2v) is 5.43. The largest absolute Gasteiger partial charge is 0.452 e. The minimum atomic E-state index is -0.558. The lowest BCUT2D eigenvalue weighted by atomic mass is 10.1. The van der Waals surface area contributed by atoms with Crippen molar-refractivity contribution >= 4 is 34.4 Å². The third-order valence-electron chi connectivity index (χ3n) is 3.62. The summed E-state index contributed by atoms with van der Waals surface area (Å²) in [5.74, 6) is -0.935. The van der Waals surface area contributed by atoms with E-state index in [1.165, 1.54) is 6.08 Å². The monoisotopic (exact) mass is 331 g/mol. The number of fused-ring (bicyclic) bond motifs is 1. The van der Waals surface area contributed by atoms with Gasteiger partial charge in [-0.25, -0.2) is 4.79 Å². The third-order valence-corrected chi connectivity index (χ3v) is 3.62. The van der Waals surface area contributed by atoms with E-state index in [9.17, 15) is 9.59 Å². The zero-order chi connectivity index (χ0) is 17.5. The summed E-state index contributed by atoms with van der Waals surface area (Å²) < 4.78 is 4.97. The SMILES string of the molecule is O=C(COC(=O)C=Cc1ccccc1)Nc1cccc2ccccc12. The Morgan fingerprint density at radius 2 is 1.60 bits per heavy atom. The van der Waals surface area contributed by atoms with Gasteiger partial charge in [0.2, 0.25) is 0 Å². The molecule has 124 valence electrons. The molecule has 0 aliphatic carbocycles. The van der Waals surface area contributed by atoms with E-state index >= 15 is 0 Å². The fourth-order valence-electron chi connectivity index (χ4n) is 2.43. The summed E-state index contributed by atoms with van der Waals surface area (Å²) in [5.41, 5.74) is 1.58. The Hall–Kier alpha value is -3.40. The second-order valence-electron chi connectivity index (χ2n) is 5.43. The zero-order valence-corrected chi connectivity index (χ0v) is 13.5. The molecule has 0 saturated heterocycles. The van der Waals surface area contributed by atoms with Gasteiger partial charge < -0.3 is 10.1 Å². The van der Waals surface area contributed by atoms with Gasteiger partial charge in [0, 0.05) is 17.1 Å². The van der Waals surface area contributed by atoms with Crippen molar-refractivity contribution in [1.29, 1.82) is 0 Å². The van der Waals surface area contributed by atoms with Gasteiger partial charge in [-0.1, -0.05) is 66.7 Å². The predicted molar refractivity (Wildman–Crippen MR) is 99.0 cm³/mol. The van der Waals surface area contributed by atoms with Gasteiger partial charge in [-0.2, -0.15) is 0 Å². The standard InChI is InChI=1S/C21H17NO3/c23-20(15-25-21(24)14-13-16-7-2-1-3-8-16)22-19-12-6-10-17-9-4-5-11-18(17)19/h1-14H,15H2,(H,22,23). The molecular formula is C21H17NO3. The maximum atomic E-state index is 12.0. The van der Waals surface area contributed by atoms with Gasteiger partial charge in [0.05, 0.1) is 0 Å². The van der Waals surface area contributed by atoms with E-state index < -0.39 is 5.97 Å². The molecule has 3 aromatic rings. The Kier molecular flexibility index (Phi) is 5.22. The minimum absolute atomic E-state index is 0.332. The quantitative estimate of drug-likeness (QED) is 0.567. The van der Waals surface area contributed by atoms with Gasteiger partial charge in [-0.05, 0) is 23.1 Å². The molecule has 0 aliphatic rings. The Labute approximate surface area is 145 Å². The Bertz CT molecular complexity index is 911. The van der Waals surface area contributed by atoms with Crippen molar-refractivity contribution in [3.8, 4) is 0 Å². The Morgan fingerprint density at radius 3 is 2.44 bits per heavy atom. The number of hydrogen-bond donors (Lipinski definition) is 1. The first-order valence-corrected chi connectivity index (χ1v) is 7.90. The average Bonchev–Trinajstić information content (AvgIpc) is 2.66. The molecule has 0 radical (unpaired) electrons. The lowest BCUT2D eigenvalue weighted by molar-refractivity contribution is -0.142. The van der Waals surface area contributed by atoms with E-state index in [2.05, 4.69) is 5.32 Å². The molecule has 0 bridgehead atoms. The van der Waals surface area contributed by atoms with Crippen LogP contribution in [0.25, 0.3) is 16.8 Å². The van der Waals surface area contributed by atoms with Crippen LogP contribution in [0, 0.1) is 0 Å². The first-order chi connectivity index (χ1) is 12.2. The highest BCUT2D eigenvalue weighted by molar-refractivity contribution is 6.03. The van der Waals surface area contributed by atoms with E-state index in [-0.39, 0.29) is 12.5 Å². The highest BCUT2D eigenvalue weighted by Gasteiger charge is 2.07. The van der Waals surface area contributed by atoms with E-state index in [1.54, 1.807) is 6.08 Å². The summed E-state index contributed by atoms with van der Waals surface area (Å²) in [5, 5.41) is 4.74. The molecule has 0 heterocycles. The first kappa shape index (κ1) is 16.5. The van der Waals surface area contributed by atoms with Gasteiger partial charge in [-0.3, -0.25) is 4.79 Å². The molecule has 0 aromatic heterocycles. The molecule has 0 saturated carbocycles. The van der Waals surface area contributed by atoms with E-state index in [0.29, 0.717) is 5.69 Å². The number of carbonyl (C=O) groups is 2. The molecule has 0 aliphatic heterocycles. The van der Waals surface area contributed by atoms with Crippen LogP contribution in [0.5, 0.6) is 0 Å². The Morgan fingerprint density at radius 1 is 0.880 bits per heavy atom. The van der Waals surface area contributed by atoms with Crippen LogP contribution >= 0.6 is 0 Å². The van der Waals surface area contributed by atoms with Crippen molar-refractivity contribution in [2.75, 3.05) is 11.9 Å². The number of rotatable bonds is 5. The summed E-state index contributed by atoms with van der Waals surface area (Å²) >= 11 is 0. The van der Waals surface area contributed by atoms with Crippen molar-refractivity contribution in [3.05, 3.63) is 84.4 Å². The number of ether oxygens (including phenoxy) is 1. The maximum absolute atomic E-state index is 12.0. The molecule has 0 unspecified atom stereocenters. The molecule has 0 atom stereocenters. The van der Waals surface area contributed by atoms with Gasteiger partial charge in [-0.15, -0.1) is 0 Å². The summed E-state index contributed by atoms with van der Waals surface area (Å²) in [6.45, 7) is -0.332. The van der Waals surface area contributed by atoms with Gasteiger partial charge in [0.1, 0.15) is 0 Å². The van der Waals surface area contributed by atoms with Crippen molar-refractivity contribution in [2.24, 2.45) is 0 Å². The van der Waals surface area contributed by atoms with E-state index in [1.807, 2.05) is 72.8 Å². The molecule has 3 aromatic carbocycles. The fourth-order valence-corrected chi connectivity index (χ4v) is 2.43. The maximum Gasteiger partial charge on any atom is 0.331 e. The Balaban J connectivity index is 1.56. The van der Waals surface area contributed by atoms with Crippen LogP contribution in [-0.4, -0.2) is 18.5 Å². The van der Waals surface area contributed by atoms with Crippen LogP contribution in [0.1, 0.15) is 5.56 Å². The molecule has 1 amide bonds. The number of nitrogens with one attached hydrogen (secondary N) is 1. The number of amides is 1. The number of esters is 1. The van der Waals surface area contributed by atoms with Crippen LogP contribution < -0.4 is 5.32 Å². The van der Waals surface area contributed by atoms with Crippen molar-refractivity contribution in [2.45, 2.75) is 0 Å². The molecule has 4 heteroatoms. The molecule has 4 nitrogen and oxygen atoms in total. The molecule has 0 fully saturated rings. The number of anilines is 1. The van der Waals surface area contributed by atoms with E-state index in [0.717, 1.165) is 16.3 Å². The van der Waals surface area contributed by atoms with Crippen LogP contribution in [0.3, 0.4) is 0 Å². The molecule has 25 heavy (non-hydrogen) atoms. The number of benzene rings is 3. The minimum Gasteiger partial charge on any atom is -0.452 e. The number of carbonyl (C=O) groups excluding carboxylic acids is 2. The molecular weight excluding hydrogens is 314 g/mol. The molecule has 0 spiro atoms. The highest BCUT2D eigenvalue weighted by atomic mass is 16.5. The topological polar surface area (TPSA) is 55.4 Å². The van der Waals surface area contributed by atoms with Crippen LogP contribution in [0.15, 0.2) is 78.9 Å². The normalized spacial score (nSPS) is 10.7. The molecule has 1 N–H and O–H groups in total.